The number of carbonyl (C=O) groups excluding carboxylic acids is 1. The van der Waals surface area contributed by atoms with Crippen molar-refractivity contribution in [3.05, 3.63) is 23.9 Å². The van der Waals surface area contributed by atoms with Crippen LogP contribution < -0.4 is 16.0 Å². The number of carbonyl (C=O) groups is 1. The number of hydrogen-bond acceptors (Lipinski definition) is 4. The Morgan fingerprint density at radius 3 is 3.15 bits per heavy atom. The smallest absolute Gasteiger partial charge is 0.220 e. The molecule has 0 bridgehead atoms. The first-order valence-corrected chi connectivity index (χ1v) is 7.40. The SMILES string of the molecule is CC(N)c1cccnc1N1CCC2NC(=O)CCC2C1. The largest absolute Gasteiger partial charge is 0.356 e. The van der Waals surface area contributed by atoms with Crippen LogP contribution in [0.5, 0.6) is 0 Å². The molecular formula is C15H22N4O. The summed E-state index contributed by atoms with van der Waals surface area (Å²) >= 11 is 0. The highest BCUT2D eigenvalue weighted by Crippen LogP contribution is 2.30. The molecule has 2 saturated heterocycles. The molecule has 0 radical (unpaired) electrons. The molecular weight excluding hydrogens is 252 g/mol. The zero-order valence-corrected chi connectivity index (χ0v) is 11.9. The van der Waals surface area contributed by atoms with Crippen molar-refractivity contribution in [2.45, 2.75) is 38.3 Å². The molecule has 1 aromatic heterocycles. The molecule has 3 unspecified atom stereocenters. The lowest BCUT2D eigenvalue weighted by molar-refractivity contribution is -0.124. The summed E-state index contributed by atoms with van der Waals surface area (Å²) in [5.74, 6) is 1.75. The molecule has 0 saturated carbocycles. The molecule has 5 heteroatoms. The normalized spacial score (nSPS) is 27.7. The number of amides is 1. The third kappa shape index (κ3) is 2.50. The Bertz CT molecular complexity index is 502. The molecule has 0 spiro atoms. The van der Waals surface area contributed by atoms with Gasteiger partial charge >= 0.3 is 0 Å². The first-order valence-electron chi connectivity index (χ1n) is 7.40. The first kappa shape index (κ1) is 13.4. The predicted molar refractivity (Wildman–Crippen MR) is 78.3 cm³/mol. The van der Waals surface area contributed by atoms with Gasteiger partial charge in [-0.3, -0.25) is 4.79 Å². The number of aromatic nitrogens is 1. The number of fused-ring (bicyclic) bond motifs is 1. The summed E-state index contributed by atoms with van der Waals surface area (Å²) < 4.78 is 0. The van der Waals surface area contributed by atoms with Gasteiger partial charge in [0.15, 0.2) is 0 Å². The summed E-state index contributed by atoms with van der Waals surface area (Å²) in [6, 6.07) is 4.33. The van der Waals surface area contributed by atoms with Crippen molar-refractivity contribution in [2.24, 2.45) is 11.7 Å². The Kier molecular flexibility index (Phi) is 3.61. The number of hydrogen-bond donors (Lipinski definition) is 2. The van der Waals surface area contributed by atoms with Crippen LogP contribution >= 0.6 is 0 Å². The van der Waals surface area contributed by atoms with Crippen molar-refractivity contribution in [3.63, 3.8) is 0 Å². The van der Waals surface area contributed by atoms with Crippen molar-refractivity contribution < 1.29 is 4.79 Å². The van der Waals surface area contributed by atoms with Crippen LogP contribution in [0.4, 0.5) is 5.82 Å². The Morgan fingerprint density at radius 1 is 1.50 bits per heavy atom. The van der Waals surface area contributed by atoms with E-state index in [0.717, 1.165) is 37.3 Å². The summed E-state index contributed by atoms with van der Waals surface area (Å²) in [4.78, 5) is 18.3. The molecule has 108 valence electrons. The number of nitrogens with zero attached hydrogens (tertiary/aromatic N) is 2. The van der Waals surface area contributed by atoms with Gasteiger partial charge < -0.3 is 16.0 Å². The third-order valence-electron chi connectivity index (χ3n) is 4.43. The van der Waals surface area contributed by atoms with Crippen molar-refractivity contribution >= 4 is 11.7 Å². The van der Waals surface area contributed by atoms with Crippen molar-refractivity contribution in [1.29, 1.82) is 0 Å². The zero-order valence-electron chi connectivity index (χ0n) is 11.9. The molecule has 3 atom stereocenters. The Hall–Kier alpha value is -1.62. The summed E-state index contributed by atoms with van der Waals surface area (Å²) in [6.45, 7) is 3.88. The van der Waals surface area contributed by atoms with Crippen LogP contribution in [0.2, 0.25) is 0 Å². The van der Waals surface area contributed by atoms with Crippen LogP contribution in [-0.4, -0.2) is 30.0 Å². The van der Waals surface area contributed by atoms with Gasteiger partial charge in [0.1, 0.15) is 5.82 Å². The van der Waals surface area contributed by atoms with E-state index in [1.165, 1.54) is 0 Å². The molecule has 0 aromatic carbocycles. The summed E-state index contributed by atoms with van der Waals surface area (Å²) in [6.07, 6.45) is 4.45. The third-order valence-corrected chi connectivity index (χ3v) is 4.43. The second-order valence-electron chi connectivity index (χ2n) is 5.91. The van der Waals surface area contributed by atoms with E-state index in [0.29, 0.717) is 18.4 Å². The standard InChI is InChI=1S/C15H22N4O/c1-10(16)12-3-2-7-17-15(12)19-8-6-13-11(9-19)4-5-14(20)18-13/h2-3,7,10-11,13H,4-6,8-9,16H2,1H3,(H,18,20). The molecule has 2 fully saturated rings. The van der Waals surface area contributed by atoms with E-state index < -0.39 is 0 Å². The molecule has 3 rings (SSSR count). The maximum absolute atomic E-state index is 11.5. The maximum atomic E-state index is 11.5. The second kappa shape index (κ2) is 5.40. The topological polar surface area (TPSA) is 71.2 Å². The van der Waals surface area contributed by atoms with Crippen LogP contribution in [0.1, 0.15) is 37.8 Å². The van der Waals surface area contributed by atoms with Gasteiger partial charge in [-0.05, 0) is 31.7 Å². The maximum Gasteiger partial charge on any atom is 0.220 e. The first-order chi connectivity index (χ1) is 9.65. The number of piperidine rings is 2. The van der Waals surface area contributed by atoms with Gasteiger partial charge in [-0.1, -0.05) is 6.07 Å². The minimum absolute atomic E-state index is 0.0116. The van der Waals surface area contributed by atoms with E-state index in [2.05, 4.69) is 21.3 Å². The van der Waals surface area contributed by atoms with E-state index in [1.807, 2.05) is 19.2 Å². The number of anilines is 1. The minimum Gasteiger partial charge on any atom is -0.356 e. The Labute approximate surface area is 119 Å². The summed E-state index contributed by atoms with van der Waals surface area (Å²) in [5.41, 5.74) is 7.15. The Balaban J connectivity index is 1.78. The van der Waals surface area contributed by atoms with Crippen LogP contribution in [0, 0.1) is 5.92 Å². The highest BCUT2D eigenvalue weighted by Gasteiger charge is 2.34. The van der Waals surface area contributed by atoms with Crippen LogP contribution in [0.15, 0.2) is 18.3 Å². The molecule has 2 aliphatic rings. The fourth-order valence-electron chi connectivity index (χ4n) is 3.33. The predicted octanol–water partition coefficient (Wildman–Crippen LogP) is 1.21. The lowest BCUT2D eigenvalue weighted by atomic mass is 9.85. The minimum atomic E-state index is -0.0116. The number of rotatable bonds is 2. The number of nitrogens with one attached hydrogen (secondary N) is 1. The second-order valence-corrected chi connectivity index (χ2v) is 5.91. The number of nitrogens with two attached hydrogens (primary N) is 1. The van der Waals surface area contributed by atoms with Gasteiger partial charge in [0.05, 0.1) is 0 Å². The van der Waals surface area contributed by atoms with Crippen LogP contribution in [0.25, 0.3) is 0 Å². The van der Waals surface area contributed by atoms with Crippen molar-refractivity contribution in [1.82, 2.24) is 10.3 Å². The molecule has 2 aliphatic heterocycles. The molecule has 0 aliphatic carbocycles. The Morgan fingerprint density at radius 2 is 2.35 bits per heavy atom. The molecule has 20 heavy (non-hydrogen) atoms. The molecule has 5 nitrogen and oxygen atoms in total. The van der Waals surface area contributed by atoms with Gasteiger partial charge in [0.2, 0.25) is 5.91 Å². The van der Waals surface area contributed by atoms with Gasteiger partial charge in [-0.2, -0.15) is 0 Å². The van der Waals surface area contributed by atoms with Crippen molar-refractivity contribution in [3.8, 4) is 0 Å². The molecule has 1 aromatic rings. The average molecular weight is 274 g/mol. The summed E-state index contributed by atoms with van der Waals surface area (Å²) in [5, 5.41) is 3.12. The van der Waals surface area contributed by atoms with Gasteiger partial charge in [-0.15, -0.1) is 0 Å². The fourth-order valence-corrected chi connectivity index (χ4v) is 3.33. The quantitative estimate of drug-likeness (QED) is 0.850. The van der Waals surface area contributed by atoms with Crippen LogP contribution in [-0.2, 0) is 4.79 Å². The molecule has 3 heterocycles. The number of pyridine rings is 1. The lowest BCUT2D eigenvalue weighted by Gasteiger charge is -2.42. The van der Waals surface area contributed by atoms with Crippen LogP contribution in [0.3, 0.4) is 0 Å². The van der Waals surface area contributed by atoms with E-state index in [-0.39, 0.29) is 11.9 Å². The summed E-state index contributed by atoms with van der Waals surface area (Å²) in [7, 11) is 0. The highest BCUT2D eigenvalue weighted by atomic mass is 16.1. The lowest BCUT2D eigenvalue weighted by Crippen LogP contribution is -2.54. The van der Waals surface area contributed by atoms with E-state index in [4.69, 9.17) is 5.73 Å². The molecule has 3 N–H and O–H groups in total. The van der Waals surface area contributed by atoms with E-state index in [1.54, 1.807) is 0 Å². The monoisotopic (exact) mass is 274 g/mol. The fraction of sp³-hybridized carbons (Fsp3) is 0.600. The van der Waals surface area contributed by atoms with Crippen molar-refractivity contribution in [2.75, 3.05) is 18.0 Å². The van der Waals surface area contributed by atoms with E-state index >= 15 is 0 Å². The van der Waals surface area contributed by atoms with Gasteiger partial charge in [0.25, 0.3) is 0 Å². The average Bonchev–Trinajstić information content (AvgIpc) is 2.46. The van der Waals surface area contributed by atoms with Gasteiger partial charge in [0, 0.05) is 43.4 Å². The molecule has 1 amide bonds. The highest BCUT2D eigenvalue weighted by molar-refractivity contribution is 5.77. The van der Waals surface area contributed by atoms with E-state index in [9.17, 15) is 4.79 Å². The zero-order chi connectivity index (χ0) is 14.1. The van der Waals surface area contributed by atoms with Gasteiger partial charge in [-0.25, -0.2) is 4.98 Å².